The van der Waals surface area contributed by atoms with Crippen LogP contribution in [0.15, 0.2) is 58.3 Å². The monoisotopic (exact) mass is 350 g/mol. The van der Waals surface area contributed by atoms with Crippen molar-refractivity contribution in [2.24, 2.45) is 0 Å². The Morgan fingerprint density at radius 2 is 1.65 bits per heavy atom. The Balaban J connectivity index is 2.47. The summed E-state index contributed by atoms with van der Waals surface area (Å²) in [5.74, 6) is -1.46. The maximum atomic E-state index is 12.8. The van der Waals surface area contributed by atoms with Gasteiger partial charge in [0, 0.05) is 4.90 Å². The molecular weight excluding hydrogens is 334 g/mol. The standard InChI is InChI=1S/C16H17NO4S2/c1-12-3-5-13(6-4-12)17(11-16(18)19)23(20,21)15-9-7-14(22-2)8-10-15/h3-10H,11H2,1-2H3,(H,18,19)/p-1. The highest BCUT2D eigenvalue weighted by Crippen LogP contribution is 2.25. The lowest BCUT2D eigenvalue weighted by molar-refractivity contribution is -0.303. The van der Waals surface area contributed by atoms with Crippen LogP contribution >= 0.6 is 11.8 Å². The molecule has 2 aromatic carbocycles. The molecule has 0 spiro atoms. The number of thioether (sulfide) groups is 1. The van der Waals surface area contributed by atoms with Gasteiger partial charge in [-0.2, -0.15) is 0 Å². The second-order valence-electron chi connectivity index (χ2n) is 4.89. The van der Waals surface area contributed by atoms with Crippen LogP contribution in [0.5, 0.6) is 0 Å². The first kappa shape index (κ1) is 17.4. The molecule has 0 saturated heterocycles. The zero-order chi connectivity index (χ0) is 17.0. The summed E-state index contributed by atoms with van der Waals surface area (Å²) in [4.78, 5) is 12.0. The maximum absolute atomic E-state index is 12.8. The number of carbonyl (C=O) groups is 1. The van der Waals surface area contributed by atoms with Crippen molar-refractivity contribution in [3.63, 3.8) is 0 Å². The minimum absolute atomic E-state index is 0.0390. The average molecular weight is 350 g/mol. The van der Waals surface area contributed by atoms with E-state index in [1.807, 2.05) is 13.2 Å². The van der Waals surface area contributed by atoms with Crippen molar-refractivity contribution in [3.05, 3.63) is 54.1 Å². The molecule has 0 atom stereocenters. The number of aryl methyl sites for hydroxylation is 1. The summed E-state index contributed by atoms with van der Waals surface area (Å²) >= 11 is 1.49. The van der Waals surface area contributed by atoms with Crippen LogP contribution in [0.1, 0.15) is 5.56 Å². The molecule has 0 aromatic heterocycles. The highest BCUT2D eigenvalue weighted by Gasteiger charge is 2.25. The summed E-state index contributed by atoms with van der Waals surface area (Å²) in [6.45, 7) is 1.12. The van der Waals surface area contributed by atoms with Crippen LogP contribution < -0.4 is 9.41 Å². The smallest absolute Gasteiger partial charge is 0.264 e. The molecule has 0 fully saturated rings. The second-order valence-corrected chi connectivity index (χ2v) is 7.64. The van der Waals surface area contributed by atoms with Gasteiger partial charge in [0.05, 0.1) is 23.1 Å². The van der Waals surface area contributed by atoms with Crippen LogP contribution in [-0.4, -0.2) is 27.2 Å². The Labute approximate surface area is 140 Å². The predicted molar refractivity (Wildman–Crippen MR) is 88.9 cm³/mol. The quantitative estimate of drug-likeness (QED) is 0.741. The summed E-state index contributed by atoms with van der Waals surface area (Å²) < 4.78 is 26.4. The molecule has 0 unspecified atom stereocenters. The average Bonchev–Trinajstić information content (AvgIpc) is 2.53. The van der Waals surface area contributed by atoms with Crippen molar-refractivity contribution in [2.75, 3.05) is 17.1 Å². The van der Waals surface area contributed by atoms with E-state index in [0.717, 1.165) is 14.8 Å². The molecule has 0 radical (unpaired) electrons. The highest BCUT2D eigenvalue weighted by molar-refractivity contribution is 7.98. The van der Waals surface area contributed by atoms with Crippen LogP contribution in [-0.2, 0) is 14.8 Å². The Morgan fingerprint density at radius 3 is 2.13 bits per heavy atom. The number of carbonyl (C=O) groups excluding carboxylic acids is 1. The molecule has 2 rings (SSSR count). The largest absolute Gasteiger partial charge is 0.548 e. The van der Waals surface area contributed by atoms with Gasteiger partial charge >= 0.3 is 0 Å². The van der Waals surface area contributed by atoms with E-state index in [1.165, 1.54) is 23.9 Å². The van der Waals surface area contributed by atoms with Crippen LogP contribution in [0.3, 0.4) is 0 Å². The maximum Gasteiger partial charge on any atom is 0.264 e. The SMILES string of the molecule is CSc1ccc(S(=O)(=O)N(CC(=O)[O-])c2ccc(C)cc2)cc1. The summed E-state index contributed by atoms with van der Waals surface area (Å²) in [7, 11) is -3.98. The molecule has 0 N–H and O–H groups in total. The third kappa shape index (κ3) is 4.05. The van der Waals surface area contributed by atoms with Crippen molar-refractivity contribution in [3.8, 4) is 0 Å². The highest BCUT2D eigenvalue weighted by atomic mass is 32.2. The van der Waals surface area contributed by atoms with E-state index in [2.05, 4.69) is 0 Å². The van der Waals surface area contributed by atoms with E-state index in [4.69, 9.17) is 0 Å². The number of nitrogens with zero attached hydrogens (tertiary/aromatic N) is 1. The molecule has 0 aliphatic heterocycles. The zero-order valence-electron chi connectivity index (χ0n) is 12.7. The molecule has 0 amide bonds. The Bertz CT molecular complexity index is 784. The fourth-order valence-electron chi connectivity index (χ4n) is 2.02. The van der Waals surface area contributed by atoms with Crippen molar-refractivity contribution >= 4 is 33.4 Å². The van der Waals surface area contributed by atoms with Crippen molar-refractivity contribution in [1.82, 2.24) is 0 Å². The fraction of sp³-hybridized carbons (Fsp3) is 0.188. The van der Waals surface area contributed by atoms with Gasteiger partial charge in [0.1, 0.15) is 0 Å². The Hall–Kier alpha value is -1.99. The van der Waals surface area contributed by atoms with Crippen LogP contribution in [0, 0.1) is 6.92 Å². The minimum atomic E-state index is -3.98. The number of hydrogen-bond acceptors (Lipinski definition) is 5. The molecule has 5 nitrogen and oxygen atoms in total. The number of anilines is 1. The summed E-state index contributed by atoms with van der Waals surface area (Å²) in [6, 6.07) is 12.9. The molecule has 0 aliphatic carbocycles. The van der Waals surface area contributed by atoms with Gasteiger partial charge in [0.25, 0.3) is 10.0 Å². The summed E-state index contributed by atoms with van der Waals surface area (Å²) in [6.07, 6.45) is 1.89. The molecule has 2 aromatic rings. The molecule has 0 heterocycles. The number of aliphatic carboxylic acids is 1. The fourth-order valence-corrected chi connectivity index (χ4v) is 3.84. The van der Waals surface area contributed by atoms with E-state index >= 15 is 0 Å². The normalized spacial score (nSPS) is 11.2. The molecule has 0 aliphatic rings. The van der Waals surface area contributed by atoms with Crippen LogP contribution in [0.4, 0.5) is 5.69 Å². The number of rotatable bonds is 6. The third-order valence-electron chi connectivity index (χ3n) is 3.24. The second kappa shape index (κ2) is 7.06. The Kier molecular flexibility index (Phi) is 5.33. The van der Waals surface area contributed by atoms with Gasteiger partial charge in [-0.05, 0) is 49.6 Å². The summed E-state index contributed by atoms with van der Waals surface area (Å²) in [5, 5.41) is 11.0. The number of carboxylic acids is 1. The van der Waals surface area contributed by atoms with Crippen molar-refractivity contribution in [2.45, 2.75) is 16.7 Å². The first-order valence-corrected chi connectivity index (χ1v) is 9.44. The van der Waals surface area contributed by atoms with Gasteiger partial charge in [0.15, 0.2) is 0 Å². The molecule has 122 valence electrons. The van der Waals surface area contributed by atoms with Gasteiger partial charge in [-0.3, -0.25) is 4.31 Å². The van der Waals surface area contributed by atoms with E-state index in [-0.39, 0.29) is 10.6 Å². The lowest BCUT2D eigenvalue weighted by atomic mass is 10.2. The van der Waals surface area contributed by atoms with E-state index in [9.17, 15) is 18.3 Å². The molecule has 7 heteroatoms. The lowest BCUT2D eigenvalue weighted by Gasteiger charge is -2.25. The number of sulfonamides is 1. The first-order valence-electron chi connectivity index (χ1n) is 6.78. The topological polar surface area (TPSA) is 77.5 Å². The lowest BCUT2D eigenvalue weighted by Crippen LogP contribution is -2.41. The zero-order valence-corrected chi connectivity index (χ0v) is 14.4. The number of hydrogen-bond donors (Lipinski definition) is 0. The van der Waals surface area contributed by atoms with Crippen LogP contribution in [0.2, 0.25) is 0 Å². The predicted octanol–water partition coefficient (Wildman–Crippen LogP) is 1.66. The summed E-state index contributed by atoms with van der Waals surface area (Å²) in [5.41, 5.74) is 1.23. The van der Waals surface area contributed by atoms with Gasteiger partial charge in [-0.1, -0.05) is 17.7 Å². The van der Waals surface area contributed by atoms with Gasteiger partial charge in [-0.15, -0.1) is 11.8 Å². The van der Waals surface area contributed by atoms with Crippen molar-refractivity contribution < 1.29 is 18.3 Å². The van der Waals surface area contributed by atoms with Crippen molar-refractivity contribution in [1.29, 1.82) is 0 Å². The first-order chi connectivity index (χ1) is 10.8. The van der Waals surface area contributed by atoms with Gasteiger partial charge in [0.2, 0.25) is 0 Å². The Morgan fingerprint density at radius 1 is 1.09 bits per heavy atom. The van der Waals surface area contributed by atoms with E-state index in [1.54, 1.807) is 36.4 Å². The third-order valence-corrected chi connectivity index (χ3v) is 5.77. The van der Waals surface area contributed by atoms with Gasteiger partial charge < -0.3 is 9.90 Å². The molecule has 0 saturated carbocycles. The van der Waals surface area contributed by atoms with E-state index < -0.39 is 22.5 Å². The van der Waals surface area contributed by atoms with Crippen LogP contribution in [0.25, 0.3) is 0 Å². The minimum Gasteiger partial charge on any atom is -0.548 e. The molecule has 0 bridgehead atoms. The molecular formula is C16H16NO4S2-. The van der Waals surface area contributed by atoms with Gasteiger partial charge in [-0.25, -0.2) is 8.42 Å². The number of benzene rings is 2. The molecule has 23 heavy (non-hydrogen) atoms. The van der Waals surface area contributed by atoms with E-state index in [0.29, 0.717) is 0 Å². The number of carboxylic acid groups (broad SMARTS) is 1.